The zero-order valence-electron chi connectivity index (χ0n) is 17.2. The number of rotatable bonds is 4. The van der Waals surface area contributed by atoms with Crippen molar-refractivity contribution in [2.75, 3.05) is 13.1 Å². The lowest BCUT2D eigenvalue weighted by Crippen LogP contribution is -2.37. The second-order valence-corrected chi connectivity index (χ2v) is 9.55. The number of benzene rings is 2. The fourth-order valence-electron chi connectivity index (χ4n) is 4.24. The molecule has 0 radical (unpaired) electrons. The summed E-state index contributed by atoms with van der Waals surface area (Å²) in [7, 11) is 0. The van der Waals surface area contributed by atoms with Crippen LogP contribution in [0.4, 0.5) is 0 Å². The average molecular weight is 421 g/mol. The van der Waals surface area contributed by atoms with Crippen molar-refractivity contribution >= 4 is 34.2 Å². The normalized spacial score (nSPS) is 19.2. The van der Waals surface area contributed by atoms with Crippen LogP contribution in [0.3, 0.4) is 0 Å². The topological polar surface area (TPSA) is 6.48 Å². The Morgan fingerprint density at radius 1 is 0.793 bits per heavy atom. The molecule has 1 saturated carbocycles. The van der Waals surface area contributed by atoms with E-state index in [1.165, 1.54) is 16.9 Å². The summed E-state index contributed by atoms with van der Waals surface area (Å²) in [5.41, 5.74) is 3.80. The van der Waals surface area contributed by atoms with E-state index in [1.54, 1.807) is 0 Å². The summed E-state index contributed by atoms with van der Waals surface area (Å²) < 4.78 is 0. The second-order valence-electron chi connectivity index (χ2n) is 8.65. The van der Waals surface area contributed by atoms with E-state index >= 15 is 0 Å². The summed E-state index contributed by atoms with van der Waals surface area (Å²) in [6.07, 6.45) is 1.98. The van der Waals surface area contributed by atoms with Crippen molar-refractivity contribution in [2.24, 2.45) is 5.41 Å². The monoisotopic (exact) mass is 420 g/mol. The van der Waals surface area contributed by atoms with Crippen LogP contribution in [0.1, 0.15) is 37.8 Å². The molecule has 0 N–H and O–H groups in total. The highest BCUT2D eigenvalue weighted by atomic mass is 32.1. The van der Waals surface area contributed by atoms with Gasteiger partial charge in [0.15, 0.2) is 0 Å². The third-order valence-electron chi connectivity index (χ3n) is 5.99. The highest BCUT2D eigenvalue weighted by Gasteiger charge is 2.39. The maximum atomic E-state index is 6.01. The van der Waals surface area contributed by atoms with Gasteiger partial charge in [0.1, 0.15) is 5.82 Å². The van der Waals surface area contributed by atoms with Gasteiger partial charge in [0.05, 0.1) is 0 Å². The molecule has 0 unspecified atom stereocenters. The maximum absolute atomic E-state index is 6.01. The number of hydrogen-bond acceptors (Lipinski definition) is 4. The highest BCUT2D eigenvalue weighted by Crippen LogP contribution is 2.39. The average Bonchev–Trinajstić information content (AvgIpc) is 3.09. The van der Waals surface area contributed by atoms with Crippen LogP contribution in [-0.2, 0) is 13.1 Å². The molecule has 0 spiro atoms. The Labute approximate surface area is 185 Å². The van der Waals surface area contributed by atoms with Crippen LogP contribution in [0, 0.1) is 5.41 Å². The van der Waals surface area contributed by atoms with E-state index in [2.05, 4.69) is 84.3 Å². The number of hydrogen-bond donors (Lipinski definition) is 0. The van der Waals surface area contributed by atoms with Crippen LogP contribution >= 0.6 is 24.4 Å². The fourth-order valence-corrected chi connectivity index (χ4v) is 4.92. The Morgan fingerprint density at radius 3 is 1.76 bits per heavy atom. The minimum Gasteiger partial charge on any atom is -0.352 e. The van der Waals surface area contributed by atoms with Gasteiger partial charge in [-0.15, -0.1) is 0 Å². The van der Waals surface area contributed by atoms with Crippen molar-refractivity contribution in [3.05, 3.63) is 83.2 Å². The van der Waals surface area contributed by atoms with Gasteiger partial charge in [-0.25, -0.2) is 0 Å². The van der Waals surface area contributed by atoms with E-state index in [4.69, 9.17) is 24.4 Å². The van der Waals surface area contributed by atoms with Crippen molar-refractivity contribution in [3.8, 4) is 0 Å². The summed E-state index contributed by atoms with van der Waals surface area (Å²) in [5.74, 6) is 1.24. The third-order valence-corrected chi connectivity index (χ3v) is 7.16. The summed E-state index contributed by atoms with van der Waals surface area (Å²) in [6, 6.07) is 21.4. The predicted molar refractivity (Wildman–Crippen MR) is 129 cm³/mol. The molecule has 0 atom stereocenters. The molecular weight excluding hydrogens is 392 g/mol. The van der Waals surface area contributed by atoms with Crippen LogP contribution in [0.15, 0.2) is 72.1 Å². The third kappa shape index (κ3) is 4.29. The van der Waals surface area contributed by atoms with E-state index < -0.39 is 0 Å². The van der Waals surface area contributed by atoms with E-state index in [0.29, 0.717) is 0 Å². The molecule has 4 heteroatoms. The zero-order chi connectivity index (χ0) is 20.4. The van der Waals surface area contributed by atoms with E-state index in [-0.39, 0.29) is 5.41 Å². The molecule has 0 bridgehead atoms. The highest BCUT2D eigenvalue weighted by molar-refractivity contribution is 7.83. The van der Waals surface area contributed by atoms with Gasteiger partial charge in [-0.3, -0.25) is 0 Å². The molecule has 0 amide bonds. The Hall–Kier alpha value is -2.04. The van der Waals surface area contributed by atoms with Gasteiger partial charge in [-0.05, 0) is 24.0 Å². The molecule has 1 aliphatic heterocycles. The van der Waals surface area contributed by atoms with Crippen molar-refractivity contribution in [1.82, 2.24) is 9.80 Å². The predicted octanol–water partition coefficient (Wildman–Crippen LogP) is 5.78. The van der Waals surface area contributed by atoms with Gasteiger partial charge < -0.3 is 9.80 Å². The first-order chi connectivity index (χ1) is 14.0. The van der Waals surface area contributed by atoms with Crippen LogP contribution in [0.2, 0.25) is 0 Å². The Kier molecular flexibility index (Phi) is 5.84. The molecule has 2 fully saturated rings. The first-order valence-corrected chi connectivity index (χ1v) is 11.2. The molecule has 2 aliphatic rings. The molecule has 150 valence electrons. The van der Waals surface area contributed by atoms with Gasteiger partial charge in [-0.2, -0.15) is 0 Å². The molecule has 2 nitrogen and oxygen atoms in total. The number of allylic oxidation sites excluding steroid dienone is 1. The van der Waals surface area contributed by atoms with Crippen molar-refractivity contribution in [1.29, 1.82) is 0 Å². The lowest BCUT2D eigenvalue weighted by molar-refractivity contribution is 0.323. The minimum absolute atomic E-state index is 0.0133. The van der Waals surface area contributed by atoms with Crippen LogP contribution < -0.4 is 0 Å². The first kappa shape index (κ1) is 20.2. The van der Waals surface area contributed by atoms with E-state index in [9.17, 15) is 0 Å². The van der Waals surface area contributed by atoms with Crippen LogP contribution in [-0.4, -0.2) is 32.6 Å². The molecule has 4 rings (SSSR count). The van der Waals surface area contributed by atoms with E-state index in [0.717, 1.165) is 54.3 Å². The maximum Gasteiger partial charge on any atom is 0.114 e. The lowest BCUT2D eigenvalue weighted by atomic mass is 9.74. The van der Waals surface area contributed by atoms with Gasteiger partial charge in [0, 0.05) is 46.9 Å². The van der Waals surface area contributed by atoms with Gasteiger partial charge in [-0.1, -0.05) is 98.9 Å². The molecule has 2 aromatic rings. The van der Waals surface area contributed by atoms with Gasteiger partial charge in [0.2, 0.25) is 0 Å². The van der Waals surface area contributed by atoms with Crippen molar-refractivity contribution < 1.29 is 0 Å². The molecule has 1 saturated heterocycles. The molecule has 29 heavy (non-hydrogen) atoms. The first-order valence-electron chi connectivity index (χ1n) is 10.4. The second kappa shape index (κ2) is 8.37. The van der Waals surface area contributed by atoms with Gasteiger partial charge >= 0.3 is 0 Å². The number of nitrogens with zero attached hydrogens (tertiary/aromatic N) is 2. The van der Waals surface area contributed by atoms with Crippen molar-refractivity contribution in [2.45, 2.75) is 39.8 Å². The molecule has 1 heterocycles. The summed E-state index contributed by atoms with van der Waals surface area (Å²) >= 11 is 11.9. The smallest absolute Gasteiger partial charge is 0.114 e. The zero-order valence-corrected chi connectivity index (χ0v) is 18.9. The minimum atomic E-state index is 0.0133. The lowest BCUT2D eigenvalue weighted by Gasteiger charge is -2.37. The molecular formula is C25H28N2S2. The van der Waals surface area contributed by atoms with E-state index in [1.807, 2.05) is 0 Å². The Balaban J connectivity index is 1.74. The van der Waals surface area contributed by atoms with Crippen LogP contribution in [0.5, 0.6) is 0 Å². The SMILES string of the molecule is CC1(C)CCC(=S)C(=C2N(Cc3ccccc3)CCN2Cc2ccccc2)C1=S. The summed E-state index contributed by atoms with van der Waals surface area (Å²) in [4.78, 5) is 7.02. The fraction of sp³-hybridized carbons (Fsp3) is 0.360. The van der Waals surface area contributed by atoms with Crippen LogP contribution in [0.25, 0.3) is 0 Å². The summed E-state index contributed by atoms with van der Waals surface area (Å²) in [6.45, 7) is 8.27. The number of thiocarbonyl (C=S) groups is 2. The van der Waals surface area contributed by atoms with Gasteiger partial charge in [0.25, 0.3) is 0 Å². The Morgan fingerprint density at radius 2 is 1.28 bits per heavy atom. The summed E-state index contributed by atoms with van der Waals surface area (Å²) in [5, 5.41) is 0. The Bertz CT molecular complexity index is 880. The molecule has 2 aromatic carbocycles. The quantitative estimate of drug-likeness (QED) is 0.457. The molecule has 1 aliphatic carbocycles. The standard InChI is InChI=1S/C25H28N2S2/c1-25(2)14-13-21(28)22(23(25)29)24-26(17-19-9-5-3-6-10-19)15-16-27(24)18-20-11-7-4-8-12-20/h3-12H,13-18H2,1-2H3. The van der Waals surface area contributed by atoms with Crippen molar-refractivity contribution in [3.63, 3.8) is 0 Å². The largest absolute Gasteiger partial charge is 0.352 e. The molecule has 0 aromatic heterocycles.